The molecule has 3 rings (SSSR count). The lowest BCUT2D eigenvalue weighted by Crippen LogP contribution is -2.43. The fraction of sp³-hybridized carbons (Fsp3) is 0.478. The summed E-state index contributed by atoms with van der Waals surface area (Å²) in [6, 6.07) is 7.61. The van der Waals surface area contributed by atoms with Crippen molar-refractivity contribution in [1.29, 1.82) is 0 Å². The smallest absolute Gasteiger partial charge is 0.243 e. The van der Waals surface area contributed by atoms with Crippen LogP contribution in [-0.2, 0) is 21.4 Å². The largest absolute Gasteiger partial charge is 0.362 e. The van der Waals surface area contributed by atoms with Gasteiger partial charge in [-0.25, -0.2) is 13.4 Å². The van der Waals surface area contributed by atoms with Crippen molar-refractivity contribution in [2.24, 2.45) is 5.92 Å². The first-order valence-electron chi connectivity index (χ1n) is 10.6. The van der Waals surface area contributed by atoms with Gasteiger partial charge in [-0.1, -0.05) is 23.8 Å². The van der Waals surface area contributed by atoms with Crippen LogP contribution in [0.25, 0.3) is 0 Å². The van der Waals surface area contributed by atoms with Gasteiger partial charge in [0.2, 0.25) is 15.9 Å². The summed E-state index contributed by atoms with van der Waals surface area (Å²) in [7, 11) is 0.264. The number of aromatic nitrogens is 1. The van der Waals surface area contributed by atoms with Crippen LogP contribution < -0.4 is 10.2 Å². The van der Waals surface area contributed by atoms with E-state index in [9.17, 15) is 13.2 Å². The van der Waals surface area contributed by atoms with Crippen LogP contribution >= 0.6 is 0 Å². The molecule has 0 atom stereocenters. The summed E-state index contributed by atoms with van der Waals surface area (Å²) >= 11 is 0. The molecule has 0 bridgehead atoms. The van der Waals surface area contributed by atoms with Crippen molar-refractivity contribution in [1.82, 2.24) is 14.6 Å². The lowest BCUT2D eigenvalue weighted by molar-refractivity contribution is -0.126. The van der Waals surface area contributed by atoms with Gasteiger partial charge < -0.3 is 10.2 Å². The van der Waals surface area contributed by atoms with Crippen LogP contribution in [0.4, 0.5) is 5.82 Å². The van der Waals surface area contributed by atoms with Gasteiger partial charge in [0.05, 0.1) is 4.90 Å². The number of aryl methyl sites for hydroxylation is 3. The highest BCUT2D eigenvalue weighted by atomic mass is 32.2. The number of piperidine rings is 1. The lowest BCUT2D eigenvalue weighted by Gasteiger charge is -2.31. The molecular formula is C23H32N4O3S. The number of nitrogens with one attached hydrogen (secondary N) is 1. The van der Waals surface area contributed by atoms with Crippen molar-refractivity contribution in [3.8, 4) is 0 Å². The zero-order valence-electron chi connectivity index (χ0n) is 19.0. The van der Waals surface area contributed by atoms with E-state index >= 15 is 0 Å². The van der Waals surface area contributed by atoms with Gasteiger partial charge in [0, 0.05) is 51.4 Å². The van der Waals surface area contributed by atoms with Gasteiger partial charge in [-0.2, -0.15) is 4.31 Å². The third kappa shape index (κ3) is 5.07. The molecule has 0 saturated carbocycles. The Morgan fingerprint density at radius 1 is 1.16 bits per heavy atom. The number of amides is 1. The number of benzene rings is 1. The molecule has 0 radical (unpaired) electrons. The Kier molecular flexibility index (Phi) is 7.01. The molecule has 2 aromatic rings. The van der Waals surface area contributed by atoms with E-state index < -0.39 is 10.0 Å². The maximum absolute atomic E-state index is 13.2. The quantitative estimate of drug-likeness (QED) is 0.741. The van der Waals surface area contributed by atoms with E-state index in [-0.39, 0.29) is 11.8 Å². The molecule has 1 saturated heterocycles. The lowest BCUT2D eigenvalue weighted by atomic mass is 9.97. The van der Waals surface area contributed by atoms with E-state index in [1.807, 2.05) is 64.0 Å². The number of carbonyl (C=O) groups excluding carboxylic acids is 1. The van der Waals surface area contributed by atoms with Crippen molar-refractivity contribution in [3.63, 3.8) is 0 Å². The first-order valence-corrected chi connectivity index (χ1v) is 12.0. The summed E-state index contributed by atoms with van der Waals surface area (Å²) in [5, 5.41) is 3.00. The summed E-state index contributed by atoms with van der Waals surface area (Å²) in [4.78, 5) is 19.4. The summed E-state index contributed by atoms with van der Waals surface area (Å²) in [5.74, 6) is 0.604. The summed E-state index contributed by atoms with van der Waals surface area (Å²) < 4.78 is 28.0. The number of carbonyl (C=O) groups is 1. The molecule has 7 nitrogen and oxygen atoms in total. The van der Waals surface area contributed by atoms with Gasteiger partial charge in [-0.3, -0.25) is 4.79 Å². The van der Waals surface area contributed by atoms with Crippen LogP contribution in [0.3, 0.4) is 0 Å². The molecule has 2 heterocycles. The minimum atomic E-state index is -3.57. The maximum Gasteiger partial charge on any atom is 0.243 e. The number of rotatable bonds is 6. The Hall–Kier alpha value is -2.45. The van der Waals surface area contributed by atoms with E-state index in [1.165, 1.54) is 4.31 Å². The van der Waals surface area contributed by atoms with E-state index in [4.69, 9.17) is 0 Å². The molecule has 1 aliphatic rings. The molecule has 1 N–H and O–H groups in total. The van der Waals surface area contributed by atoms with Crippen LogP contribution in [-0.4, -0.2) is 50.8 Å². The van der Waals surface area contributed by atoms with Crippen molar-refractivity contribution in [2.45, 2.75) is 45.1 Å². The Labute approximate surface area is 185 Å². The summed E-state index contributed by atoms with van der Waals surface area (Å²) in [6.07, 6.45) is 2.76. The van der Waals surface area contributed by atoms with Crippen LogP contribution in [0.15, 0.2) is 35.4 Å². The number of pyridine rings is 1. The zero-order valence-corrected chi connectivity index (χ0v) is 19.8. The number of hydrogen-bond acceptors (Lipinski definition) is 5. The van der Waals surface area contributed by atoms with Crippen molar-refractivity contribution in [2.75, 3.05) is 32.1 Å². The highest BCUT2D eigenvalue weighted by Gasteiger charge is 2.33. The average molecular weight is 445 g/mol. The molecule has 31 heavy (non-hydrogen) atoms. The standard InChI is InChI=1S/C23H32N4O3S/c1-16-13-17(2)21(18(3)14-16)31(29,30)27-11-8-19(9-12-27)23(28)25-15-20-7-6-10-24-22(20)26(4)5/h6-7,10,13-14,19H,8-9,11-12,15H2,1-5H3,(H,25,28). The highest BCUT2D eigenvalue weighted by Crippen LogP contribution is 2.29. The van der Waals surface area contributed by atoms with Gasteiger partial charge in [-0.05, 0) is 50.8 Å². The topological polar surface area (TPSA) is 82.6 Å². The van der Waals surface area contributed by atoms with Crippen molar-refractivity contribution < 1.29 is 13.2 Å². The fourth-order valence-corrected chi connectivity index (χ4v) is 6.24. The van der Waals surface area contributed by atoms with Crippen molar-refractivity contribution >= 4 is 21.7 Å². The minimum absolute atomic E-state index is 0.0340. The number of sulfonamides is 1. The molecule has 0 unspecified atom stereocenters. The number of nitrogens with zero attached hydrogens (tertiary/aromatic N) is 3. The van der Waals surface area contributed by atoms with E-state index in [2.05, 4.69) is 10.3 Å². The molecule has 1 fully saturated rings. The van der Waals surface area contributed by atoms with Gasteiger partial charge in [0.1, 0.15) is 5.82 Å². The molecular weight excluding hydrogens is 412 g/mol. The second kappa shape index (κ2) is 9.36. The van der Waals surface area contributed by atoms with Crippen LogP contribution in [0.5, 0.6) is 0 Å². The van der Waals surface area contributed by atoms with Gasteiger partial charge in [0.25, 0.3) is 0 Å². The molecule has 0 spiro atoms. The Morgan fingerprint density at radius 3 is 2.35 bits per heavy atom. The van der Waals surface area contributed by atoms with E-state index in [1.54, 1.807) is 6.20 Å². The van der Waals surface area contributed by atoms with Gasteiger partial charge in [-0.15, -0.1) is 0 Å². The second-order valence-electron chi connectivity index (χ2n) is 8.50. The first-order chi connectivity index (χ1) is 14.6. The number of hydrogen-bond donors (Lipinski definition) is 1. The average Bonchev–Trinajstić information content (AvgIpc) is 2.71. The van der Waals surface area contributed by atoms with Crippen molar-refractivity contribution in [3.05, 3.63) is 52.7 Å². The molecule has 1 aromatic heterocycles. The molecule has 1 aliphatic heterocycles. The molecule has 1 amide bonds. The molecule has 168 valence electrons. The zero-order chi connectivity index (χ0) is 22.8. The predicted octanol–water partition coefficient (Wildman–Crippen LogP) is 2.79. The number of anilines is 1. The third-order valence-corrected chi connectivity index (χ3v) is 7.98. The Balaban J connectivity index is 1.62. The van der Waals surface area contributed by atoms with Gasteiger partial charge in [0.15, 0.2) is 0 Å². The second-order valence-corrected chi connectivity index (χ2v) is 10.4. The monoisotopic (exact) mass is 444 g/mol. The van der Waals surface area contributed by atoms with Crippen LogP contribution in [0, 0.1) is 26.7 Å². The molecule has 1 aromatic carbocycles. The Bertz CT molecular complexity index is 1040. The maximum atomic E-state index is 13.2. The SMILES string of the molecule is Cc1cc(C)c(S(=O)(=O)N2CCC(C(=O)NCc3cccnc3N(C)C)CC2)c(C)c1. The molecule has 0 aliphatic carbocycles. The third-order valence-electron chi connectivity index (χ3n) is 5.77. The Morgan fingerprint density at radius 2 is 1.77 bits per heavy atom. The molecule has 8 heteroatoms. The van der Waals surface area contributed by atoms with Crippen LogP contribution in [0.1, 0.15) is 35.1 Å². The first kappa shape index (κ1) is 23.2. The van der Waals surface area contributed by atoms with E-state index in [0.717, 1.165) is 28.1 Å². The summed E-state index contributed by atoms with van der Waals surface area (Å²) in [5.41, 5.74) is 3.54. The minimum Gasteiger partial charge on any atom is -0.362 e. The van der Waals surface area contributed by atoms with Crippen LogP contribution in [0.2, 0.25) is 0 Å². The fourth-order valence-electron chi connectivity index (χ4n) is 4.36. The van der Waals surface area contributed by atoms with Gasteiger partial charge >= 0.3 is 0 Å². The highest BCUT2D eigenvalue weighted by molar-refractivity contribution is 7.89. The summed E-state index contributed by atoms with van der Waals surface area (Å²) in [6.45, 7) is 6.75. The normalized spacial score (nSPS) is 15.6. The predicted molar refractivity (Wildman–Crippen MR) is 123 cm³/mol. The van der Waals surface area contributed by atoms with E-state index in [0.29, 0.717) is 37.4 Å².